The maximum absolute atomic E-state index is 5.99. The third kappa shape index (κ3) is 2.31. The molecule has 2 aromatic rings. The number of halogens is 1. The molecule has 0 N–H and O–H groups in total. The average molecular weight is 262 g/mol. The number of nitrogens with zero attached hydrogens (tertiary/aromatic N) is 3. The maximum atomic E-state index is 5.99. The zero-order valence-corrected chi connectivity index (χ0v) is 11.6. The lowest BCUT2D eigenvalue weighted by Gasteiger charge is -2.24. The predicted molar refractivity (Wildman–Crippen MR) is 75.6 cm³/mol. The molecular weight excluding hydrogens is 246 g/mol. The van der Waals surface area contributed by atoms with Gasteiger partial charge in [0, 0.05) is 12.2 Å². The second-order valence-electron chi connectivity index (χ2n) is 4.14. The van der Waals surface area contributed by atoms with E-state index in [4.69, 9.17) is 11.6 Å². The molecule has 0 unspecified atom stereocenters. The molecule has 1 heterocycles. The quantitative estimate of drug-likeness (QED) is 0.839. The Morgan fingerprint density at radius 1 is 1.06 bits per heavy atom. The summed E-state index contributed by atoms with van der Waals surface area (Å²) >= 11 is 5.99. The van der Waals surface area contributed by atoms with E-state index >= 15 is 0 Å². The zero-order chi connectivity index (χ0) is 13.1. The number of rotatable bonds is 3. The fourth-order valence-electron chi connectivity index (χ4n) is 1.88. The molecular formula is C14H16ClN3. The molecule has 2 rings (SSSR count). The van der Waals surface area contributed by atoms with E-state index in [1.54, 1.807) is 0 Å². The molecule has 0 bridgehead atoms. The highest BCUT2D eigenvalue weighted by atomic mass is 35.5. The summed E-state index contributed by atoms with van der Waals surface area (Å²) in [6.07, 6.45) is 0. The number of hydrogen-bond acceptors (Lipinski definition) is 3. The van der Waals surface area contributed by atoms with Crippen molar-refractivity contribution < 1.29 is 0 Å². The molecule has 0 atom stereocenters. The van der Waals surface area contributed by atoms with Crippen LogP contribution >= 0.6 is 11.6 Å². The van der Waals surface area contributed by atoms with Gasteiger partial charge in [-0.15, -0.1) is 10.2 Å². The molecule has 0 saturated carbocycles. The van der Waals surface area contributed by atoms with E-state index in [2.05, 4.69) is 34.2 Å². The summed E-state index contributed by atoms with van der Waals surface area (Å²) in [5, 5.41) is 8.71. The first-order chi connectivity index (χ1) is 8.65. The summed E-state index contributed by atoms with van der Waals surface area (Å²) in [6.45, 7) is 6.92. The summed E-state index contributed by atoms with van der Waals surface area (Å²) in [6, 6.07) is 10.2. The number of anilines is 2. The van der Waals surface area contributed by atoms with Crippen molar-refractivity contribution in [2.75, 3.05) is 11.4 Å². The minimum absolute atomic E-state index is 0.473. The zero-order valence-electron chi connectivity index (χ0n) is 10.8. The van der Waals surface area contributed by atoms with Gasteiger partial charge in [-0.25, -0.2) is 0 Å². The van der Waals surface area contributed by atoms with Crippen LogP contribution in [0.3, 0.4) is 0 Å². The smallest absolute Gasteiger partial charge is 0.158 e. The third-order valence-electron chi connectivity index (χ3n) is 3.08. The fraction of sp³-hybridized carbons (Fsp3) is 0.286. The number of para-hydroxylation sites is 1. The highest BCUT2D eigenvalue weighted by Crippen LogP contribution is 2.28. The molecule has 3 nitrogen and oxygen atoms in total. The molecule has 94 valence electrons. The van der Waals surface area contributed by atoms with Crippen molar-refractivity contribution in [2.24, 2.45) is 0 Å². The van der Waals surface area contributed by atoms with Gasteiger partial charge >= 0.3 is 0 Å². The first kappa shape index (κ1) is 12.8. The van der Waals surface area contributed by atoms with E-state index in [0.29, 0.717) is 5.15 Å². The average Bonchev–Trinajstić information content (AvgIpc) is 2.41. The van der Waals surface area contributed by atoms with Gasteiger partial charge in [-0.1, -0.05) is 29.8 Å². The van der Waals surface area contributed by atoms with Gasteiger partial charge in [0.25, 0.3) is 0 Å². The lowest BCUT2D eigenvalue weighted by Crippen LogP contribution is -2.19. The molecule has 0 radical (unpaired) electrons. The Kier molecular flexibility index (Phi) is 3.82. The number of benzene rings is 1. The van der Waals surface area contributed by atoms with Gasteiger partial charge in [-0.3, -0.25) is 0 Å². The van der Waals surface area contributed by atoms with Crippen molar-refractivity contribution in [3.63, 3.8) is 0 Å². The van der Waals surface area contributed by atoms with E-state index in [1.807, 2.05) is 32.0 Å². The summed E-state index contributed by atoms with van der Waals surface area (Å²) in [5.74, 6) is 0.866. The molecule has 0 aliphatic heterocycles. The Labute approximate surface area is 112 Å². The molecule has 0 aliphatic carbocycles. The van der Waals surface area contributed by atoms with Gasteiger partial charge in [0.2, 0.25) is 0 Å². The topological polar surface area (TPSA) is 29.0 Å². The Bertz CT molecular complexity index is 540. The summed E-state index contributed by atoms with van der Waals surface area (Å²) in [4.78, 5) is 2.13. The van der Waals surface area contributed by atoms with Crippen LogP contribution in [0, 0.1) is 13.8 Å². The van der Waals surface area contributed by atoms with E-state index in [0.717, 1.165) is 29.2 Å². The number of hydrogen-bond donors (Lipinski definition) is 0. The number of aromatic nitrogens is 2. The summed E-state index contributed by atoms with van der Waals surface area (Å²) in [7, 11) is 0. The van der Waals surface area contributed by atoms with Crippen molar-refractivity contribution >= 4 is 23.1 Å². The standard InChI is InChI=1S/C14H16ClN3/c1-4-18(12-8-6-5-7-9-12)14-11(3)10(2)13(15)16-17-14/h5-9H,4H2,1-3H3. The van der Waals surface area contributed by atoms with Crippen molar-refractivity contribution in [3.05, 3.63) is 46.6 Å². The Hall–Kier alpha value is -1.61. The van der Waals surface area contributed by atoms with Crippen LogP contribution in [-0.2, 0) is 0 Å². The fourth-order valence-corrected chi connectivity index (χ4v) is 2.06. The molecule has 4 heteroatoms. The molecule has 0 spiro atoms. The minimum Gasteiger partial charge on any atom is -0.325 e. The van der Waals surface area contributed by atoms with Crippen LogP contribution in [0.5, 0.6) is 0 Å². The van der Waals surface area contributed by atoms with Gasteiger partial charge in [-0.2, -0.15) is 0 Å². The van der Waals surface area contributed by atoms with Crippen molar-refractivity contribution in [1.29, 1.82) is 0 Å². The van der Waals surface area contributed by atoms with Crippen LogP contribution in [-0.4, -0.2) is 16.7 Å². The Morgan fingerprint density at radius 2 is 1.72 bits per heavy atom. The van der Waals surface area contributed by atoms with Crippen LogP contribution in [0.25, 0.3) is 0 Å². The first-order valence-corrected chi connectivity index (χ1v) is 6.35. The van der Waals surface area contributed by atoms with Crippen LogP contribution in [0.15, 0.2) is 30.3 Å². The van der Waals surface area contributed by atoms with Gasteiger partial charge in [0.1, 0.15) is 0 Å². The summed E-state index contributed by atoms with van der Waals surface area (Å²) < 4.78 is 0. The molecule has 0 saturated heterocycles. The van der Waals surface area contributed by atoms with Gasteiger partial charge in [0.05, 0.1) is 0 Å². The SMILES string of the molecule is CCN(c1ccccc1)c1nnc(Cl)c(C)c1C. The maximum Gasteiger partial charge on any atom is 0.158 e. The monoisotopic (exact) mass is 261 g/mol. The van der Waals surface area contributed by atoms with Gasteiger partial charge < -0.3 is 4.90 Å². The van der Waals surface area contributed by atoms with E-state index in [1.165, 1.54) is 0 Å². The van der Waals surface area contributed by atoms with Gasteiger partial charge in [-0.05, 0) is 44.0 Å². The molecule has 0 aliphatic rings. The first-order valence-electron chi connectivity index (χ1n) is 5.97. The molecule has 1 aromatic carbocycles. The lowest BCUT2D eigenvalue weighted by atomic mass is 10.1. The highest BCUT2D eigenvalue weighted by molar-refractivity contribution is 6.30. The predicted octanol–water partition coefficient (Wildman–Crippen LogP) is 3.90. The van der Waals surface area contributed by atoms with Crippen molar-refractivity contribution in [2.45, 2.75) is 20.8 Å². The van der Waals surface area contributed by atoms with Crippen molar-refractivity contribution in [3.8, 4) is 0 Å². The second kappa shape index (κ2) is 5.36. The lowest BCUT2D eigenvalue weighted by molar-refractivity contribution is 0.911. The van der Waals surface area contributed by atoms with Crippen LogP contribution < -0.4 is 4.90 Å². The summed E-state index contributed by atoms with van der Waals surface area (Å²) in [5.41, 5.74) is 3.16. The molecule has 0 fully saturated rings. The van der Waals surface area contributed by atoms with Crippen molar-refractivity contribution in [1.82, 2.24) is 10.2 Å². The third-order valence-corrected chi connectivity index (χ3v) is 3.44. The molecule has 18 heavy (non-hydrogen) atoms. The van der Waals surface area contributed by atoms with E-state index in [9.17, 15) is 0 Å². The highest BCUT2D eigenvalue weighted by Gasteiger charge is 2.15. The van der Waals surface area contributed by atoms with Crippen LogP contribution in [0.4, 0.5) is 11.5 Å². The minimum atomic E-state index is 0.473. The molecule has 1 aromatic heterocycles. The Morgan fingerprint density at radius 3 is 2.33 bits per heavy atom. The normalized spacial score (nSPS) is 10.4. The van der Waals surface area contributed by atoms with Crippen LogP contribution in [0.1, 0.15) is 18.1 Å². The van der Waals surface area contributed by atoms with Crippen LogP contribution in [0.2, 0.25) is 5.15 Å². The largest absolute Gasteiger partial charge is 0.325 e. The Balaban J connectivity index is 2.50. The van der Waals surface area contributed by atoms with E-state index < -0.39 is 0 Å². The van der Waals surface area contributed by atoms with E-state index in [-0.39, 0.29) is 0 Å². The second-order valence-corrected chi connectivity index (χ2v) is 4.50. The van der Waals surface area contributed by atoms with Gasteiger partial charge in [0.15, 0.2) is 11.0 Å². The molecule has 0 amide bonds.